The molecule has 1 saturated heterocycles. The van der Waals surface area contributed by atoms with E-state index in [2.05, 4.69) is 24.9 Å². The van der Waals surface area contributed by atoms with Crippen molar-refractivity contribution in [2.75, 3.05) is 13.2 Å². The van der Waals surface area contributed by atoms with E-state index in [1.54, 1.807) is 6.07 Å². The molecular weight excluding hydrogens is 242 g/mol. The minimum atomic E-state index is -0.00981. The van der Waals surface area contributed by atoms with Crippen LogP contribution in [0, 0.1) is 5.92 Å². The van der Waals surface area contributed by atoms with Gasteiger partial charge in [0.1, 0.15) is 0 Å². The maximum Gasteiger partial charge on any atom is 0.261 e. The van der Waals surface area contributed by atoms with Gasteiger partial charge in [-0.1, -0.05) is 0 Å². The SMILES string of the molecule is CC1OCCC1CNC(=O)c1cc(S)cs1. The highest BCUT2D eigenvalue weighted by atomic mass is 32.1. The number of carbonyl (C=O) groups excluding carboxylic acids is 1. The predicted molar refractivity (Wildman–Crippen MR) is 67.4 cm³/mol. The monoisotopic (exact) mass is 257 g/mol. The van der Waals surface area contributed by atoms with Crippen molar-refractivity contribution in [3.05, 3.63) is 16.3 Å². The third kappa shape index (κ3) is 2.78. The molecule has 0 bridgehead atoms. The van der Waals surface area contributed by atoms with Crippen LogP contribution in [0.3, 0.4) is 0 Å². The fourth-order valence-corrected chi connectivity index (χ4v) is 2.86. The Morgan fingerprint density at radius 3 is 3.12 bits per heavy atom. The first-order valence-corrected chi connectivity index (χ1v) is 6.67. The summed E-state index contributed by atoms with van der Waals surface area (Å²) in [5.41, 5.74) is 0. The number of amides is 1. The van der Waals surface area contributed by atoms with Crippen LogP contribution in [0.1, 0.15) is 23.0 Å². The Morgan fingerprint density at radius 2 is 2.56 bits per heavy atom. The first-order chi connectivity index (χ1) is 7.66. The molecule has 3 nitrogen and oxygen atoms in total. The molecule has 0 spiro atoms. The Balaban J connectivity index is 1.84. The summed E-state index contributed by atoms with van der Waals surface area (Å²) in [6.07, 6.45) is 1.29. The Labute approximate surface area is 105 Å². The van der Waals surface area contributed by atoms with E-state index in [1.165, 1.54) is 11.3 Å². The number of ether oxygens (including phenoxy) is 1. The zero-order valence-corrected chi connectivity index (χ0v) is 10.8. The molecule has 5 heteroatoms. The third-order valence-electron chi connectivity index (χ3n) is 2.87. The van der Waals surface area contributed by atoms with Gasteiger partial charge in [0.25, 0.3) is 5.91 Å². The third-order valence-corrected chi connectivity index (χ3v) is 4.23. The fourth-order valence-electron chi connectivity index (χ4n) is 1.80. The highest BCUT2D eigenvalue weighted by Gasteiger charge is 2.24. The van der Waals surface area contributed by atoms with Gasteiger partial charge in [0.05, 0.1) is 11.0 Å². The van der Waals surface area contributed by atoms with Crippen LogP contribution >= 0.6 is 24.0 Å². The van der Waals surface area contributed by atoms with Crippen molar-refractivity contribution in [2.24, 2.45) is 5.92 Å². The molecule has 1 aromatic rings. The van der Waals surface area contributed by atoms with Gasteiger partial charge in [-0.2, -0.15) is 0 Å². The molecule has 2 rings (SSSR count). The lowest BCUT2D eigenvalue weighted by Gasteiger charge is -2.14. The van der Waals surface area contributed by atoms with Crippen LogP contribution in [0.4, 0.5) is 0 Å². The van der Waals surface area contributed by atoms with Gasteiger partial charge < -0.3 is 10.1 Å². The molecule has 1 aliphatic rings. The second-order valence-electron chi connectivity index (χ2n) is 4.00. The highest BCUT2D eigenvalue weighted by molar-refractivity contribution is 7.80. The number of thiol groups is 1. The number of hydrogen-bond acceptors (Lipinski definition) is 4. The van der Waals surface area contributed by atoms with Crippen molar-refractivity contribution in [1.82, 2.24) is 5.32 Å². The van der Waals surface area contributed by atoms with Gasteiger partial charge in [-0.3, -0.25) is 4.79 Å². The summed E-state index contributed by atoms with van der Waals surface area (Å²) in [6, 6.07) is 1.79. The van der Waals surface area contributed by atoms with Gasteiger partial charge in [0.15, 0.2) is 0 Å². The van der Waals surface area contributed by atoms with Crippen LogP contribution in [0.25, 0.3) is 0 Å². The van der Waals surface area contributed by atoms with E-state index in [9.17, 15) is 4.79 Å². The Hall–Kier alpha value is -0.520. The molecule has 0 aromatic carbocycles. The topological polar surface area (TPSA) is 38.3 Å². The van der Waals surface area contributed by atoms with Crippen molar-refractivity contribution >= 4 is 29.9 Å². The molecule has 0 saturated carbocycles. The molecule has 2 unspecified atom stereocenters. The maximum atomic E-state index is 11.7. The summed E-state index contributed by atoms with van der Waals surface area (Å²) < 4.78 is 5.45. The molecule has 2 atom stereocenters. The summed E-state index contributed by atoms with van der Waals surface area (Å²) in [6.45, 7) is 3.56. The number of rotatable bonds is 3. The summed E-state index contributed by atoms with van der Waals surface area (Å²) in [7, 11) is 0. The highest BCUT2D eigenvalue weighted by Crippen LogP contribution is 2.20. The van der Waals surface area contributed by atoms with Gasteiger partial charge in [0.2, 0.25) is 0 Å². The summed E-state index contributed by atoms with van der Waals surface area (Å²) >= 11 is 5.60. The number of thiophene rings is 1. The van der Waals surface area contributed by atoms with Crippen LogP contribution < -0.4 is 5.32 Å². The average Bonchev–Trinajstić information content (AvgIpc) is 2.84. The smallest absolute Gasteiger partial charge is 0.261 e. The predicted octanol–water partition coefficient (Wildman–Crippen LogP) is 2.19. The standard InChI is InChI=1S/C11H15NO2S2/c1-7-8(2-3-14-7)5-12-11(13)10-4-9(15)6-16-10/h4,6-8,15H,2-3,5H2,1H3,(H,12,13). The van der Waals surface area contributed by atoms with E-state index in [4.69, 9.17) is 4.74 Å². The second kappa shape index (κ2) is 5.21. The summed E-state index contributed by atoms with van der Waals surface area (Å²) in [5.74, 6) is 0.434. The molecule has 1 aromatic heterocycles. The summed E-state index contributed by atoms with van der Waals surface area (Å²) in [5, 5.41) is 4.80. The zero-order chi connectivity index (χ0) is 11.5. The molecule has 1 N–H and O–H groups in total. The molecule has 2 heterocycles. The van der Waals surface area contributed by atoms with E-state index in [0.29, 0.717) is 12.5 Å². The number of hydrogen-bond donors (Lipinski definition) is 2. The van der Waals surface area contributed by atoms with E-state index in [-0.39, 0.29) is 12.0 Å². The lowest BCUT2D eigenvalue weighted by molar-refractivity contribution is 0.0910. The first kappa shape index (κ1) is 12.0. The molecule has 1 fully saturated rings. The average molecular weight is 257 g/mol. The first-order valence-electron chi connectivity index (χ1n) is 5.34. The van der Waals surface area contributed by atoms with Crippen LogP contribution in [0.2, 0.25) is 0 Å². The molecule has 0 aliphatic carbocycles. The van der Waals surface area contributed by atoms with Gasteiger partial charge >= 0.3 is 0 Å². The van der Waals surface area contributed by atoms with Gasteiger partial charge in [-0.15, -0.1) is 24.0 Å². The van der Waals surface area contributed by atoms with Gasteiger partial charge in [-0.05, 0) is 19.4 Å². The Kier molecular flexibility index (Phi) is 3.89. The van der Waals surface area contributed by atoms with Crippen LogP contribution in [-0.2, 0) is 4.74 Å². The number of nitrogens with one attached hydrogen (secondary N) is 1. The van der Waals surface area contributed by atoms with E-state index in [1.807, 2.05) is 5.38 Å². The van der Waals surface area contributed by atoms with Crippen molar-refractivity contribution in [3.8, 4) is 0 Å². The lowest BCUT2D eigenvalue weighted by Crippen LogP contribution is -2.31. The van der Waals surface area contributed by atoms with Gasteiger partial charge in [0, 0.05) is 29.3 Å². The van der Waals surface area contributed by atoms with E-state index in [0.717, 1.165) is 22.8 Å². The zero-order valence-electron chi connectivity index (χ0n) is 9.10. The van der Waals surface area contributed by atoms with Crippen molar-refractivity contribution < 1.29 is 9.53 Å². The number of carbonyl (C=O) groups is 1. The Morgan fingerprint density at radius 1 is 1.75 bits per heavy atom. The molecule has 88 valence electrons. The molecular formula is C11H15NO2S2. The quantitative estimate of drug-likeness (QED) is 0.815. The van der Waals surface area contributed by atoms with Crippen LogP contribution in [0.15, 0.2) is 16.3 Å². The largest absolute Gasteiger partial charge is 0.378 e. The minimum absolute atomic E-state index is 0.00981. The van der Waals surface area contributed by atoms with Gasteiger partial charge in [-0.25, -0.2) is 0 Å². The lowest BCUT2D eigenvalue weighted by atomic mass is 10.0. The Bertz CT molecular complexity index is 378. The molecule has 1 aliphatic heterocycles. The summed E-state index contributed by atoms with van der Waals surface area (Å²) in [4.78, 5) is 13.3. The van der Waals surface area contributed by atoms with Crippen LogP contribution in [-0.4, -0.2) is 25.2 Å². The van der Waals surface area contributed by atoms with Crippen LogP contribution in [0.5, 0.6) is 0 Å². The van der Waals surface area contributed by atoms with E-state index < -0.39 is 0 Å². The normalized spacial score (nSPS) is 24.6. The minimum Gasteiger partial charge on any atom is -0.378 e. The fraction of sp³-hybridized carbons (Fsp3) is 0.545. The van der Waals surface area contributed by atoms with E-state index >= 15 is 0 Å². The van der Waals surface area contributed by atoms with Crippen molar-refractivity contribution in [2.45, 2.75) is 24.3 Å². The second-order valence-corrected chi connectivity index (χ2v) is 5.43. The molecule has 0 radical (unpaired) electrons. The van der Waals surface area contributed by atoms with Crippen molar-refractivity contribution in [1.29, 1.82) is 0 Å². The maximum absolute atomic E-state index is 11.7. The molecule has 16 heavy (non-hydrogen) atoms. The molecule has 1 amide bonds. The van der Waals surface area contributed by atoms with Crippen molar-refractivity contribution in [3.63, 3.8) is 0 Å².